The minimum absolute atomic E-state index is 0.139. The quantitative estimate of drug-likeness (QED) is 0.675. The molecule has 0 saturated carbocycles. The molecule has 1 heterocycles. The Morgan fingerprint density at radius 1 is 1.17 bits per heavy atom. The Hall–Kier alpha value is -2.09. The van der Waals surface area contributed by atoms with Gasteiger partial charge in [0.15, 0.2) is 0 Å². The highest BCUT2D eigenvalue weighted by molar-refractivity contribution is 7.89. The number of carbonyl (C=O) groups excluding carboxylic acids is 1. The zero-order valence-electron chi connectivity index (χ0n) is 16.5. The maximum absolute atomic E-state index is 12.9. The summed E-state index contributed by atoms with van der Waals surface area (Å²) in [6, 6.07) is 11.2. The first-order valence-electron chi connectivity index (χ1n) is 9.53. The van der Waals surface area contributed by atoms with Crippen LogP contribution >= 0.6 is 11.6 Å². The van der Waals surface area contributed by atoms with Gasteiger partial charge in [0.2, 0.25) is 15.9 Å². The summed E-state index contributed by atoms with van der Waals surface area (Å²) >= 11 is 5.85. The molecule has 0 spiro atoms. The van der Waals surface area contributed by atoms with Gasteiger partial charge in [0.05, 0.1) is 11.4 Å². The molecule has 1 amide bonds. The summed E-state index contributed by atoms with van der Waals surface area (Å²) in [5.74, 6) is 0.452. The first-order valence-corrected chi connectivity index (χ1v) is 11.4. The molecule has 29 heavy (non-hydrogen) atoms. The smallest absolute Gasteiger partial charge is 0.243 e. The van der Waals surface area contributed by atoms with Crippen molar-refractivity contribution >= 4 is 27.5 Å². The second-order valence-corrected chi connectivity index (χ2v) is 9.52. The molecule has 1 saturated heterocycles. The molecule has 3 rings (SSSR count). The van der Waals surface area contributed by atoms with Crippen LogP contribution in [0.5, 0.6) is 5.75 Å². The molecular weight excluding hydrogens is 412 g/mol. The molecule has 8 heteroatoms. The SMILES string of the molecule is Cc1cc(C)cc(OCCNC(=O)[C@@H]2CCCN2S(=O)(=O)c2ccc(Cl)cc2)c1. The third-order valence-corrected chi connectivity index (χ3v) is 6.97. The zero-order valence-corrected chi connectivity index (χ0v) is 18.1. The van der Waals surface area contributed by atoms with Gasteiger partial charge in [-0.15, -0.1) is 0 Å². The molecule has 0 bridgehead atoms. The fourth-order valence-corrected chi connectivity index (χ4v) is 5.29. The number of ether oxygens (including phenoxy) is 1. The number of sulfonamides is 1. The molecule has 2 aromatic carbocycles. The van der Waals surface area contributed by atoms with Crippen LogP contribution in [0.3, 0.4) is 0 Å². The van der Waals surface area contributed by atoms with E-state index in [0.29, 0.717) is 37.6 Å². The maximum atomic E-state index is 12.9. The summed E-state index contributed by atoms with van der Waals surface area (Å²) in [5.41, 5.74) is 2.22. The largest absolute Gasteiger partial charge is 0.492 e. The van der Waals surface area contributed by atoms with E-state index in [1.165, 1.54) is 28.6 Å². The van der Waals surface area contributed by atoms with Crippen molar-refractivity contribution in [1.29, 1.82) is 0 Å². The Balaban J connectivity index is 1.57. The van der Waals surface area contributed by atoms with Crippen LogP contribution in [0.25, 0.3) is 0 Å². The first-order chi connectivity index (χ1) is 13.8. The van der Waals surface area contributed by atoms with Gasteiger partial charge in [-0.3, -0.25) is 4.79 Å². The van der Waals surface area contributed by atoms with Crippen LogP contribution in [0.1, 0.15) is 24.0 Å². The highest BCUT2D eigenvalue weighted by Gasteiger charge is 2.39. The molecule has 2 aromatic rings. The molecule has 1 aliphatic heterocycles. The van der Waals surface area contributed by atoms with E-state index in [4.69, 9.17) is 16.3 Å². The van der Waals surface area contributed by atoms with Crippen LogP contribution in [-0.4, -0.2) is 44.4 Å². The standard InChI is InChI=1S/C21H25ClN2O4S/c1-15-12-16(2)14-18(13-15)28-11-9-23-21(25)20-4-3-10-24(20)29(26,27)19-7-5-17(22)6-8-19/h5-8,12-14,20H,3-4,9-11H2,1-2H3,(H,23,25)/t20-/m0/s1. The first kappa shape index (κ1) is 21.6. The molecule has 0 aliphatic carbocycles. The second-order valence-electron chi connectivity index (χ2n) is 7.19. The number of nitrogens with zero attached hydrogens (tertiary/aromatic N) is 1. The highest BCUT2D eigenvalue weighted by atomic mass is 35.5. The van der Waals surface area contributed by atoms with Crippen LogP contribution in [0.15, 0.2) is 47.4 Å². The van der Waals surface area contributed by atoms with Gasteiger partial charge in [-0.05, 0) is 74.2 Å². The van der Waals surface area contributed by atoms with Crippen molar-refractivity contribution < 1.29 is 17.9 Å². The third kappa shape index (κ3) is 5.29. The lowest BCUT2D eigenvalue weighted by atomic mass is 10.1. The minimum Gasteiger partial charge on any atom is -0.492 e. The van der Waals surface area contributed by atoms with Crippen molar-refractivity contribution in [1.82, 2.24) is 9.62 Å². The Morgan fingerprint density at radius 2 is 1.83 bits per heavy atom. The molecular formula is C21H25ClN2O4S. The summed E-state index contributed by atoms with van der Waals surface area (Å²) in [4.78, 5) is 12.8. The van der Waals surface area contributed by atoms with Crippen molar-refractivity contribution in [2.75, 3.05) is 19.7 Å². The van der Waals surface area contributed by atoms with Crippen LogP contribution in [0, 0.1) is 13.8 Å². The van der Waals surface area contributed by atoms with E-state index < -0.39 is 16.1 Å². The molecule has 156 valence electrons. The number of hydrogen-bond donors (Lipinski definition) is 1. The summed E-state index contributed by atoms with van der Waals surface area (Å²) in [5, 5.41) is 3.26. The molecule has 1 atom stereocenters. The Morgan fingerprint density at radius 3 is 2.48 bits per heavy atom. The average molecular weight is 437 g/mol. The maximum Gasteiger partial charge on any atom is 0.243 e. The van der Waals surface area contributed by atoms with Crippen molar-refractivity contribution in [2.24, 2.45) is 0 Å². The zero-order chi connectivity index (χ0) is 21.0. The lowest BCUT2D eigenvalue weighted by Crippen LogP contribution is -2.46. The van der Waals surface area contributed by atoms with Crippen LogP contribution in [0.2, 0.25) is 5.02 Å². The molecule has 0 aromatic heterocycles. The van der Waals surface area contributed by atoms with Crippen LogP contribution < -0.4 is 10.1 Å². The van der Waals surface area contributed by atoms with Gasteiger partial charge in [-0.1, -0.05) is 17.7 Å². The minimum atomic E-state index is -3.75. The number of aryl methyl sites for hydroxylation is 2. The Kier molecular flexibility index (Phi) is 6.82. The number of halogens is 1. The van der Waals surface area contributed by atoms with E-state index in [9.17, 15) is 13.2 Å². The summed E-state index contributed by atoms with van der Waals surface area (Å²) < 4.78 is 32.8. The van der Waals surface area contributed by atoms with E-state index in [1.807, 2.05) is 26.0 Å². The average Bonchev–Trinajstić information content (AvgIpc) is 3.15. The van der Waals surface area contributed by atoms with E-state index in [0.717, 1.165) is 16.9 Å². The van der Waals surface area contributed by atoms with Crippen LogP contribution in [-0.2, 0) is 14.8 Å². The predicted octanol–water partition coefficient (Wildman–Crippen LogP) is 3.31. The number of rotatable bonds is 7. The second kappa shape index (κ2) is 9.15. The fourth-order valence-electron chi connectivity index (χ4n) is 3.51. The summed E-state index contributed by atoms with van der Waals surface area (Å²) in [6.07, 6.45) is 1.14. The Bertz CT molecular complexity index is 956. The van der Waals surface area contributed by atoms with Gasteiger partial charge in [0.25, 0.3) is 0 Å². The lowest BCUT2D eigenvalue weighted by molar-refractivity contribution is -0.124. The highest BCUT2D eigenvalue weighted by Crippen LogP contribution is 2.27. The number of amides is 1. The monoisotopic (exact) mass is 436 g/mol. The number of carbonyl (C=O) groups is 1. The molecule has 1 fully saturated rings. The number of nitrogens with one attached hydrogen (secondary N) is 1. The molecule has 1 aliphatic rings. The normalized spacial score (nSPS) is 17.3. The van der Waals surface area contributed by atoms with Gasteiger partial charge < -0.3 is 10.1 Å². The van der Waals surface area contributed by atoms with E-state index >= 15 is 0 Å². The lowest BCUT2D eigenvalue weighted by Gasteiger charge is -2.23. The van der Waals surface area contributed by atoms with Gasteiger partial charge >= 0.3 is 0 Å². The van der Waals surface area contributed by atoms with Crippen molar-refractivity contribution in [2.45, 2.75) is 37.6 Å². The van der Waals surface area contributed by atoms with Gasteiger partial charge in [-0.2, -0.15) is 4.31 Å². The topological polar surface area (TPSA) is 75.7 Å². The summed E-state index contributed by atoms with van der Waals surface area (Å²) in [7, 11) is -3.75. The van der Waals surface area contributed by atoms with E-state index in [1.54, 1.807) is 0 Å². The molecule has 0 radical (unpaired) electrons. The van der Waals surface area contributed by atoms with Gasteiger partial charge in [0, 0.05) is 11.6 Å². The fraction of sp³-hybridized carbons (Fsp3) is 0.381. The van der Waals surface area contributed by atoms with Crippen molar-refractivity contribution in [3.05, 3.63) is 58.6 Å². The van der Waals surface area contributed by atoms with Crippen molar-refractivity contribution in [3.63, 3.8) is 0 Å². The van der Waals surface area contributed by atoms with Crippen LogP contribution in [0.4, 0.5) is 0 Å². The summed E-state index contributed by atoms with van der Waals surface area (Å²) in [6.45, 7) is 4.93. The molecule has 1 N–H and O–H groups in total. The molecule has 0 unspecified atom stereocenters. The third-order valence-electron chi connectivity index (χ3n) is 4.79. The van der Waals surface area contributed by atoms with E-state index in [2.05, 4.69) is 11.4 Å². The van der Waals surface area contributed by atoms with Gasteiger partial charge in [-0.25, -0.2) is 8.42 Å². The van der Waals surface area contributed by atoms with Gasteiger partial charge in [0.1, 0.15) is 18.4 Å². The predicted molar refractivity (Wildman–Crippen MR) is 113 cm³/mol. The number of benzene rings is 2. The Labute approximate surface area is 176 Å². The number of hydrogen-bond acceptors (Lipinski definition) is 4. The molecule has 6 nitrogen and oxygen atoms in total. The van der Waals surface area contributed by atoms with E-state index in [-0.39, 0.29) is 10.8 Å². The van der Waals surface area contributed by atoms with Crippen molar-refractivity contribution in [3.8, 4) is 5.75 Å².